The second kappa shape index (κ2) is 8.09. The zero-order valence-corrected chi connectivity index (χ0v) is 15.8. The highest BCUT2D eigenvalue weighted by molar-refractivity contribution is 5.41. The highest BCUT2D eigenvalue weighted by Crippen LogP contribution is 2.28. The summed E-state index contributed by atoms with van der Waals surface area (Å²) in [6.07, 6.45) is -0.0847. The Balaban J connectivity index is 1.46. The zero-order chi connectivity index (χ0) is 21.1. The lowest BCUT2D eigenvalue weighted by atomic mass is 10.3. The summed E-state index contributed by atoms with van der Waals surface area (Å²) < 4.78 is 40.0. The number of piperazine rings is 1. The number of hydrogen-bond acceptors (Lipinski definition) is 7. The first-order valence-corrected chi connectivity index (χ1v) is 9.27. The highest BCUT2D eigenvalue weighted by Gasteiger charge is 2.33. The first kappa shape index (κ1) is 19.8. The molecule has 0 radical (unpaired) electrons. The Bertz CT molecular complexity index is 1060. The van der Waals surface area contributed by atoms with E-state index in [4.69, 9.17) is 0 Å². The van der Waals surface area contributed by atoms with Gasteiger partial charge in [-0.2, -0.15) is 18.3 Å². The molecule has 11 heteroatoms. The number of halogens is 3. The van der Waals surface area contributed by atoms with Crippen molar-refractivity contribution in [1.29, 1.82) is 0 Å². The first-order chi connectivity index (χ1) is 14.4. The first-order valence-electron chi connectivity index (χ1n) is 9.27. The molecule has 8 nitrogen and oxygen atoms in total. The van der Waals surface area contributed by atoms with Crippen LogP contribution < -0.4 is 15.4 Å². The molecule has 0 N–H and O–H groups in total. The molecule has 156 valence electrons. The third kappa shape index (κ3) is 4.39. The van der Waals surface area contributed by atoms with Gasteiger partial charge in [-0.15, -0.1) is 0 Å². The predicted octanol–water partition coefficient (Wildman–Crippen LogP) is 1.82. The van der Waals surface area contributed by atoms with Crippen LogP contribution in [0.15, 0.2) is 53.7 Å². The Kier molecular flexibility index (Phi) is 5.34. The SMILES string of the molecule is O=c1ccc(N2CCN(c3nccc(C(F)(F)F)n3)CC2)nn1Cc1ccncc1. The quantitative estimate of drug-likeness (QED) is 0.641. The molecular weight excluding hydrogens is 399 g/mol. The normalized spacial score (nSPS) is 14.8. The fraction of sp³-hybridized carbons (Fsp3) is 0.316. The number of alkyl halides is 3. The van der Waals surface area contributed by atoms with E-state index >= 15 is 0 Å². The van der Waals surface area contributed by atoms with Crippen molar-refractivity contribution >= 4 is 11.8 Å². The maximum atomic E-state index is 12.9. The molecule has 0 bridgehead atoms. The van der Waals surface area contributed by atoms with Gasteiger partial charge in [0.15, 0.2) is 0 Å². The van der Waals surface area contributed by atoms with Gasteiger partial charge in [-0.1, -0.05) is 0 Å². The van der Waals surface area contributed by atoms with Crippen molar-refractivity contribution in [3.63, 3.8) is 0 Å². The van der Waals surface area contributed by atoms with E-state index in [0.29, 0.717) is 38.5 Å². The van der Waals surface area contributed by atoms with Crippen LogP contribution in [-0.4, -0.2) is 50.9 Å². The molecule has 4 rings (SSSR count). The van der Waals surface area contributed by atoms with E-state index in [2.05, 4.69) is 20.1 Å². The van der Waals surface area contributed by atoms with E-state index in [1.54, 1.807) is 23.4 Å². The van der Waals surface area contributed by atoms with Gasteiger partial charge in [0.2, 0.25) is 5.95 Å². The van der Waals surface area contributed by atoms with Crippen molar-refractivity contribution in [2.45, 2.75) is 12.7 Å². The molecule has 0 amide bonds. The maximum Gasteiger partial charge on any atom is 0.433 e. The standard InChI is InChI=1S/C19H18F3N7O/c20-19(21,22)15-5-8-24-18(25-15)28-11-9-27(10-12-28)16-1-2-17(30)29(26-16)13-14-3-6-23-7-4-14/h1-8H,9-13H2. The van der Waals surface area contributed by atoms with Gasteiger partial charge in [-0.05, 0) is 29.8 Å². The summed E-state index contributed by atoms with van der Waals surface area (Å²) in [5, 5.41) is 4.45. The molecule has 0 unspecified atom stereocenters. The van der Waals surface area contributed by atoms with Gasteiger partial charge in [-0.25, -0.2) is 14.6 Å². The van der Waals surface area contributed by atoms with Crippen LogP contribution in [0.3, 0.4) is 0 Å². The average Bonchev–Trinajstić information content (AvgIpc) is 2.76. The van der Waals surface area contributed by atoms with Crippen LogP contribution in [0.4, 0.5) is 24.9 Å². The Morgan fingerprint density at radius 1 is 0.900 bits per heavy atom. The van der Waals surface area contributed by atoms with Crippen LogP contribution in [-0.2, 0) is 12.7 Å². The van der Waals surface area contributed by atoms with Crippen LogP contribution in [0.25, 0.3) is 0 Å². The number of rotatable bonds is 4. The molecule has 0 aromatic carbocycles. The minimum Gasteiger partial charge on any atom is -0.352 e. The van der Waals surface area contributed by atoms with Crippen molar-refractivity contribution in [3.05, 3.63) is 70.5 Å². The Morgan fingerprint density at radius 2 is 1.60 bits per heavy atom. The second-order valence-corrected chi connectivity index (χ2v) is 6.76. The second-order valence-electron chi connectivity index (χ2n) is 6.76. The van der Waals surface area contributed by atoms with Crippen LogP contribution in [0.5, 0.6) is 0 Å². The maximum absolute atomic E-state index is 12.9. The molecule has 0 spiro atoms. The fourth-order valence-corrected chi connectivity index (χ4v) is 3.18. The minimum absolute atomic E-state index is 0.0556. The van der Waals surface area contributed by atoms with Crippen LogP contribution in [0.1, 0.15) is 11.3 Å². The molecule has 1 fully saturated rings. The summed E-state index contributed by atoms with van der Waals surface area (Å²) in [6, 6.07) is 7.60. The predicted molar refractivity (Wildman–Crippen MR) is 103 cm³/mol. The van der Waals surface area contributed by atoms with E-state index in [-0.39, 0.29) is 11.5 Å². The molecule has 30 heavy (non-hydrogen) atoms. The average molecular weight is 417 g/mol. The monoisotopic (exact) mass is 417 g/mol. The Labute approximate surface area is 169 Å². The molecule has 0 saturated carbocycles. The molecule has 1 aliphatic rings. The van der Waals surface area contributed by atoms with Gasteiger partial charge in [0.25, 0.3) is 5.56 Å². The molecule has 1 aliphatic heterocycles. The third-order valence-electron chi connectivity index (χ3n) is 4.75. The molecule has 0 aliphatic carbocycles. The van der Waals surface area contributed by atoms with Crippen LogP contribution in [0, 0.1) is 0 Å². The fourth-order valence-electron chi connectivity index (χ4n) is 3.18. The lowest BCUT2D eigenvalue weighted by Crippen LogP contribution is -2.48. The van der Waals surface area contributed by atoms with Gasteiger partial charge in [0.1, 0.15) is 11.5 Å². The van der Waals surface area contributed by atoms with Gasteiger partial charge in [0.05, 0.1) is 6.54 Å². The topological polar surface area (TPSA) is 80.0 Å². The van der Waals surface area contributed by atoms with Crippen molar-refractivity contribution in [2.75, 3.05) is 36.0 Å². The number of nitrogens with zero attached hydrogens (tertiary/aromatic N) is 7. The van der Waals surface area contributed by atoms with Crippen molar-refractivity contribution < 1.29 is 13.2 Å². The summed E-state index contributed by atoms with van der Waals surface area (Å²) in [7, 11) is 0. The molecule has 1 saturated heterocycles. The summed E-state index contributed by atoms with van der Waals surface area (Å²) in [5.41, 5.74) is -0.269. The molecule has 4 heterocycles. The van der Waals surface area contributed by atoms with E-state index in [0.717, 1.165) is 17.8 Å². The van der Waals surface area contributed by atoms with Crippen molar-refractivity contribution in [3.8, 4) is 0 Å². The summed E-state index contributed by atoms with van der Waals surface area (Å²) in [6.45, 7) is 2.23. The van der Waals surface area contributed by atoms with Gasteiger partial charge in [-0.3, -0.25) is 9.78 Å². The van der Waals surface area contributed by atoms with Gasteiger partial charge < -0.3 is 9.80 Å². The molecule has 3 aromatic rings. The number of aromatic nitrogens is 5. The van der Waals surface area contributed by atoms with Crippen LogP contribution in [0.2, 0.25) is 0 Å². The van der Waals surface area contributed by atoms with Gasteiger partial charge in [0, 0.05) is 50.8 Å². The molecule has 3 aromatic heterocycles. The molecular formula is C19H18F3N7O. The van der Waals surface area contributed by atoms with Crippen LogP contribution >= 0.6 is 0 Å². The lowest BCUT2D eigenvalue weighted by molar-refractivity contribution is -0.141. The van der Waals surface area contributed by atoms with E-state index in [1.165, 1.54) is 10.7 Å². The summed E-state index contributed by atoms with van der Waals surface area (Å²) in [4.78, 5) is 27.4. The Morgan fingerprint density at radius 3 is 2.30 bits per heavy atom. The zero-order valence-electron chi connectivity index (χ0n) is 15.8. The number of anilines is 2. The van der Waals surface area contributed by atoms with E-state index < -0.39 is 11.9 Å². The largest absolute Gasteiger partial charge is 0.433 e. The van der Waals surface area contributed by atoms with Crippen molar-refractivity contribution in [2.24, 2.45) is 0 Å². The summed E-state index contributed by atoms with van der Waals surface area (Å²) in [5.74, 6) is 0.688. The number of hydrogen-bond donors (Lipinski definition) is 0. The highest BCUT2D eigenvalue weighted by atomic mass is 19.4. The van der Waals surface area contributed by atoms with Gasteiger partial charge >= 0.3 is 6.18 Å². The third-order valence-corrected chi connectivity index (χ3v) is 4.75. The minimum atomic E-state index is -4.51. The molecule has 0 atom stereocenters. The Hall–Kier alpha value is -3.50. The van der Waals surface area contributed by atoms with Crippen molar-refractivity contribution in [1.82, 2.24) is 24.7 Å². The lowest BCUT2D eigenvalue weighted by Gasteiger charge is -2.35. The van der Waals surface area contributed by atoms with E-state index in [1.807, 2.05) is 17.0 Å². The smallest absolute Gasteiger partial charge is 0.352 e. The van der Waals surface area contributed by atoms with E-state index in [9.17, 15) is 18.0 Å². The number of pyridine rings is 1. The summed E-state index contributed by atoms with van der Waals surface area (Å²) >= 11 is 0.